The molecular formula is C21H35N3O3. The monoisotopic (exact) mass is 377 g/mol. The van der Waals surface area contributed by atoms with E-state index in [-0.39, 0.29) is 0 Å². The molecule has 1 aromatic carbocycles. The summed E-state index contributed by atoms with van der Waals surface area (Å²) >= 11 is 0. The molecule has 0 aliphatic carbocycles. The Hall–Kier alpha value is -1.63. The molecule has 1 fully saturated rings. The maximum atomic E-state index is 5.73. The maximum absolute atomic E-state index is 5.73. The van der Waals surface area contributed by atoms with Gasteiger partial charge in [0.15, 0.2) is 5.96 Å². The van der Waals surface area contributed by atoms with Crippen LogP contribution in [0.5, 0.6) is 0 Å². The minimum absolute atomic E-state index is 0.576. The van der Waals surface area contributed by atoms with Crippen molar-refractivity contribution in [1.82, 2.24) is 10.2 Å². The molecule has 1 aliphatic heterocycles. The van der Waals surface area contributed by atoms with Crippen LogP contribution in [0.4, 0.5) is 0 Å². The smallest absolute Gasteiger partial charge is 0.193 e. The van der Waals surface area contributed by atoms with Gasteiger partial charge in [0.2, 0.25) is 0 Å². The second-order valence-corrected chi connectivity index (χ2v) is 6.89. The summed E-state index contributed by atoms with van der Waals surface area (Å²) in [5.41, 5.74) is 1.23. The lowest BCUT2D eigenvalue weighted by molar-refractivity contribution is 0.0536. The highest BCUT2D eigenvalue weighted by molar-refractivity contribution is 5.80. The van der Waals surface area contributed by atoms with Crippen LogP contribution in [0.15, 0.2) is 35.3 Å². The molecule has 0 saturated carbocycles. The van der Waals surface area contributed by atoms with Gasteiger partial charge in [-0.05, 0) is 24.8 Å². The number of nitrogens with zero attached hydrogens (tertiary/aromatic N) is 2. The molecule has 1 atom stereocenters. The van der Waals surface area contributed by atoms with Gasteiger partial charge in [-0.25, -0.2) is 0 Å². The number of nitrogens with one attached hydrogen (secondary N) is 1. The molecule has 0 spiro atoms. The Kier molecular flexibility index (Phi) is 10.9. The highest BCUT2D eigenvalue weighted by atomic mass is 16.5. The number of likely N-dealkylation sites (tertiary alicyclic amines) is 1. The highest BCUT2D eigenvalue weighted by Gasteiger charge is 2.24. The number of unbranched alkanes of at least 4 members (excludes halogenated alkanes) is 1. The second-order valence-electron chi connectivity index (χ2n) is 6.89. The second kappa shape index (κ2) is 13.5. The SMILES string of the molecule is CN=C(NCCCCOCc1ccccc1)N1CCC(COCCOC)C1. The van der Waals surface area contributed by atoms with Gasteiger partial charge in [0.1, 0.15) is 0 Å². The molecule has 1 N–H and O–H groups in total. The molecule has 27 heavy (non-hydrogen) atoms. The minimum atomic E-state index is 0.576. The lowest BCUT2D eigenvalue weighted by atomic mass is 10.1. The van der Waals surface area contributed by atoms with Crippen molar-refractivity contribution in [2.45, 2.75) is 25.9 Å². The van der Waals surface area contributed by atoms with Crippen LogP contribution in [-0.4, -0.2) is 71.1 Å². The Bertz CT molecular complexity index is 525. The van der Waals surface area contributed by atoms with E-state index in [4.69, 9.17) is 14.2 Å². The number of aliphatic imine (C=N–C) groups is 1. The number of methoxy groups -OCH3 is 1. The number of hydrogen-bond acceptors (Lipinski definition) is 4. The van der Waals surface area contributed by atoms with Crippen molar-refractivity contribution < 1.29 is 14.2 Å². The predicted octanol–water partition coefficient (Wildman–Crippen LogP) is 2.54. The molecule has 0 bridgehead atoms. The molecule has 6 nitrogen and oxygen atoms in total. The number of benzene rings is 1. The minimum Gasteiger partial charge on any atom is -0.382 e. The molecule has 1 saturated heterocycles. The highest BCUT2D eigenvalue weighted by Crippen LogP contribution is 2.16. The largest absolute Gasteiger partial charge is 0.382 e. The summed E-state index contributed by atoms with van der Waals surface area (Å²) < 4.78 is 16.4. The first kappa shape index (κ1) is 21.7. The molecule has 6 heteroatoms. The molecular weight excluding hydrogens is 342 g/mol. The predicted molar refractivity (Wildman–Crippen MR) is 109 cm³/mol. The molecule has 0 amide bonds. The third-order valence-electron chi connectivity index (χ3n) is 4.69. The van der Waals surface area contributed by atoms with Gasteiger partial charge >= 0.3 is 0 Å². The zero-order chi connectivity index (χ0) is 19.2. The van der Waals surface area contributed by atoms with Crippen molar-refractivity contribution in [3.63, 3.8) is 0 Å². The van der Waals surface area contributed by atoms with Crippen LogP contribution >= 0.6 is 0 Å². The summed E-state index contributed by atoms with van der Waals surface area (Å²) in [6.07, 6.45) is 3.28. The van der Waals surface area contributed by atoms with E-state index in [2.05, 4.69) is 27.3 Å². The summed E-state index contributed by atoms with van der Waals surface area (Å²) in [6.45, 7) is 6.59. The van der Waals surface area contributed by atoms with Gasteiger partial charge < -0.3 is 24.4 Å². The average molecular weight is 378 g/mol. The first-order valence-electron chi connectivity index (χ1n) is 9.97. The number of rotatable bonds is 12. The van der Waals surface area contributed by atoms with Crippen molar-refractivity contribution in [3.8, 4) is 0 Å². The van der Waals surface area contributed by atoms with Crippen molar-refractivity contribution in [2.75, 3.05) is 60.2 Å². The summed E-state index contributed by atoms with van der Waals surface area (Å²) in [7, 11) is 3.56. The van der Waals surface area contributed by atoms with Crippen LogP contribution in [0, 0.1) is 5.92 Å². The van der Waals surface area contributed by atoms with Crippen molar-refractivity contribution in [1.29, 1.82) is 0 Å². The average Bonchev–Trinajstić information content (AvgIpc) is 3.17. The number of ether oxygens (including phenoxy) is 3. The van der Waals surface area contributed by atoms with E-state index in [0.29, 0.717) is 25.7 Å². The lowest BCUT2D eigenvalue weighted by Gasteiger charge is -2.21. The zero-order valence-electron chi connectivity index (χ0n) is 16.9. The lowest BCUT2D eigenvalue weighted by Crippen LogP contribution is -2.40. The fourth-order valence-electron chi connectivity index (χ4n) is 3.18. The molecule has 1 unspecified atom stereocenters. The fourth-order valence-corrected chi connectivity index (χ4v) is 3.18. The maximum Gasteiger partial charge on any atom is 0.193 e. The first-order chi connectivity index (χ1) is 13.3. The summed E-state index contributed by atoms with van der Waals surface area (Å²) in [6, 6.07) is 10.3. The molecule has 2 rings (SSSR count). The normalized spacial score (nSPS) is 17.5. The molecule has 1 heterocycles. The van der Waals surface area contributed by atoms with Crippen LogP contribution in [-0.2, 0) is 20.8 Å². The topological polar surface area (TPSA) is 55.3 Å². The van der Waals surface area contributed by atoms with E-state index in [1.165, 1.54) is 5.56 Å². The number of hydrogen-bond donors (Lipinski definition) is 1. The van der Waals surface area contributed by atoms with Gasteiger partial charge in [0, 0.05) is 46.3 Å². The molecule has 0 radical (unpaired) electrons. The first-order valence-corrected chi connectivity index (χ1v) is 9.97. The zero-order valence-corrected chi connectivity index (χ0v) is 16.9. The van der Waals surface area contributed by atoms with E-state index in [0.717, 1.165) is 58.1 Å². The summed E-state index contributed by atoms with van der Waals surface area (Å²) in [4.78, 5) is 6.76. The van der Waals surface area contributed by atoms with Gasteiger partial charge in [-0.1, -0.05) is 30.3 Å². The third-order valence-corrected chi connectivity index (χ3v) is 4.69. The number of guanidine groups is 1. The Labute approximate surface area is 163 Å². The molecule has 152 valence electrons. The van der Waals surface area contributed by atoms with E-state index >= 15 is 0 Å². The van der Waals surface area contributed by atoms with Crippen molar-refractivity contribution >= 4 is 5.96 Å². The Morgan fingerprint density at radius 3 is 2.78 bits per heavy atom. The molecule has 0 aromatic heterocycles. The Morgan fingerprint density at radius 2 is 2.00 bits per heavy atom. The third kappa shape index (κ3) is 8.73. The van der Waals surface area contributed by atoms with Crippen LogP contribution < -0.4 is 5.32 Å². The van der Waals surface area contributed by atoms with Crippen LogP contribution in [0.25, 0.3) is 0 Å². The van der Waals surface area contributed by atoms with Gasteiger partial charge in [0.05, 0.1) is 26.4 Å². The summed E-state index contributed by atoms with van der Waals surface area (Å²) in [5, 5.41) is 3.48. The van der Waals surface area contributed by atoms with E-state index in [9.17, 15) is 0 Å². The van der Waals surface area contributed by atoms with Crippen LogP contribution in [0.1, 0.15) is 24.8 Å². The van der Waals surface area contributed by atoms with E-state index in [1.54, 1.807) is 7.11 Å². The van der Waals surface area contributed by atoms with Gasteiger partial charge in [0.25, 0.3) is 0 Å². The Morgan fingerprint density at radius 1 is 1.15 bits per heavy atom. The quantitative estimate of drug-likeness (QED) is 0.345. The fraction of sp³-hybridized carbons (Fsp3) is 0.667. The van der Waals surface area contributed by atoms with Crippen LogP contribution in [0.3, 0.4) is 0 Å². The van der Waals surface area contributed by atoms with Gasteiger partial charge in [-0.15, -0.1) is 0 Å². The van der Waals surface area contributed by atoms with Crippen molar-refractivity contribution in [3.05, 3.63) is 35.9 Å². The van der Waals surface area contributed by atoms with E-state index in [1.807, 2.05) is 25.2 Å². The van der Waals surface area contributed by atoms with Crippen molar-refractivity contribution in [2.24, 2.45) is 10.9 Å². The molecule has 1 aliphatic rings. The van der Waals surface area contributed by atoms with Gasteiger partial charge in [-0.3, -0.25) is 4.99 Å². The standard InChI is InChI=1S/C21H35N3O3/c1-22-21(24-12-10-20(16-24)18-27-15-14-25-2)23-11-6-7-13-26-17-19-8-4-3-5-9-19/h3-5,8-9,20H,6-7,10-18H2,1-2H3,(H,22,23). The summed E-state index contributed by atoms with van der Waals surface area (Å²) in [5.74, 6) is 1.58. The Balaban J connectivity index is 1.51. The molecule has 1 aromatic rings. The van der Waals surface area contributed by atoms with E-state index < -0.39 is 0 Å². The van der Waals surface area contributed by atoms with Crippen LogP contribution in [0.2, 0.25) is 0 Å². The van der Waals surface area contributed by atoms with Gasteiger partial charge in [-0.2, -0.15) is 0 Å².